The maximum Gasteiger partial charge on any atom is 0.338 e. The maximum atomic E-state index is 15.2. The van der Waals surface area contributed by atoms with Gasteiger partial charge in [-0.05, 0) is 54.9 Å². The van der Waals surface area contributed by atoms with Crippen LogP contribution in [0.4, 0.5) is 0 Å². The summed E-state index contributed by atoms with van der Waals surface area (Å²) in [5, 5.41) is 35.5. The number of allylic oxidation sites excluding steroid dienone is 1. The predicted molar refractivity (Wildman–Crippen MR) is 189 cm³/mol. The highest BCUT2D eigenvalue weighted by molar-refractivity contribution is 5.96. The van der Waals surface area contributed by atoms with Gasteiger partial charge < -0.3 is 29.5 Å². The van der Waals surface area contributed by atoms with Crippen LogP contribution in [0.5, 0.6) is 0 Å². The fraction of sp³-hybridized carbons (Fsp3) is 0.659. The second kappa shape index (κ2) is 14.6. The fourth-order valence-electron chi connectivity index (χ4n) is 9.41. The number of ether oxygens (including phenoxy) is 3. The summed E-state index contributed by atoms with van der Waals surface area (Å²) in [6, 6.07) is 8.53. The average molecular weight is 709 g/mol. The lowest BCUT2D eigenvalue weighted by molar-refractivity contribution is -0.207. The number of ketones is 1. The van der Waals surface area contributed by atoms with Crippen LogP contribution < -0.4 is 0 Å². The Labute approximate surface area is 301 Å². The van der Waals surface area contributed by atoms with E-state index in [0.717, 1.165) is 25.7 Å². The molecule has 0 saturated heterocycles. The number of hydrogen-bond acceptors (Lipinski definition) is 10. The number of Topliss-reactive ketones (excluding diaryl/α,β-unsaturated/α-hetero) is 1. The van der Waals surface area contributed by atoms with Crippen molar-refractivity contribution >= 4 is 23.7 Å². The summed E-state index contributed by atoms with van der Waals surface area (Å²) in [5.74, 6) is -5.10. The van der Waals surface area contributed by atoms with Gasteiger partial charge in [0.05, 0.1) is 23.5 Å². The number of carbonyl (C=O) groups is 4. The van der Waals surface area contributed by atoms with Crippen molar-refractivity contribution in [1.29, 1.82) is 0 Å². The summed E-state index contributed by atoms with van der Waals surface area (Å²) >= 11 is 0. The van der Waals surface area contributed by atoms with Crippen LogP contribution in [0.2, 0.25) is 0 Å². The molecule has 5 rings (SSSR count). The minimum atomic E-state index is -2.36. The fourth-order valence-corrected chi connectivity index (χ4v) is 9.41. The number of fused-ring (bicyclic) bond motifs is 3. The van der Waals surface area contributed by atoms with E-state index in [4.69, 9.17) is 14.2 Å². The molecule has 0 heterocycles. The molecule has 0 unspecified atom stereocenters. The summed E-state index contributed by atoms with van der Waals surface area (Å²) < 4.78 is 18.4. The van der Waals surface area contributed by atoms with E-state index in [1.807, 2.05) is 20.8 Å². The van der Waals surface area contributed by atoms with Crippen LogP contribution in [0, 0.1) is 40.4 Å². The van der Waals surface area contributed by atoms with Gasteiger partial charge in [-0.25, -0.2) is 4.79 Å². The molecule has 10 nitrogen and oxygen atoms in total. The number of carbonyl (C=O) groups excluding carboxylic acids is 4. The van der Waals surface area contributed by atoms with Crippen molar-refractivity contribution in [2.45, 2.75) is 117 Å². The molecule has 10 heteroatoms. The summed E-state index contributed by atoms with van der Waals surface area (Å²) in [5.41, 5.74) is -5.67. The van der Waals surface area contributed by atoms with E-state index < -0.39 is 88.2 Å². The lowest BCUT2D eigenvalue weighted by atomic mass is 9.58. The highest BCUT2D eigenvalue weighted by Gasteiger charge is 2.85. The molecule has 1 aromatic carbocycles. The number of benzene rings is 1. The van der Waals surface area contributed by atoms with E-state index in [-0.39, 0.29) is 30.9 Å². The Morgan fingerprint density at radius 3 is 2.33 bits per heavy atom. The Morgan fingerprint density at radius 2 is 1.71 bits per heavy atom. The van der Waals surface area contributed by atoms with Crippen LogP contribution >= 0.6 is 0 Å². The summed E-state index contributed by atoms with van der Waals surface area (Å²) in [7, 11) is 0. The topological polar surface area (TPSA) is 157 Å². The normalized spacial score (nSPS) is 35.7. The first kappa shape index (κ1) is 38.9. The van der Waals surface area contributed by atoms with Gasteiger partial charge in [0.2, 0.25) is 0 Å². The van der Waals surface area contributed by atoms with Gasteiger partial charge in [-0.3, -0.25) is 14.4 Å². The second-order valence-electron chi connectivity index (χ2n) is 16.1. The van der Waals surface area contributed by atoms with Crippen molar-refractivity contribution in [2.75, 3.05) is 13.2 Å². The Kier molecular flexibility index (Phi) is 11.1. The second-order valence-corrected chi connectivity index (χ2v) is 16.1. The van der Waals surface area contributed by atoms with Gasteiger partial charge in [0.25, 0.3) is 0 Å². The Morgan fingerprint density at radius 1 is 1.04 bits per heavy atom. The first-order chi connectivity index (χ1) is 24.1. The number of unbranched alkanes of at least 4 members (excludes halogenated alkanes) is 4. The van der Waals surface area contributed by atoms with Gasteiger partial charge >= 0.3 is 17.9 Å². The number of rotatable bonds is 14. The average Bonchev–Trinajstić information content (AvgIpc) is 3.54. The van der Waals surface area contributed by atoms with E-state index in [1.54, 1.807) is 57.2 Å². The molecule has 10 atom stereocenters. The third-order valence-electron chi connectivity index (χ3n) is 12.7. The van der Waals surface area contributed by atoms with Crippen LogP contribution in [0.15, 0.2) is 53.6 Å². The Balaban J connectivity index is 1.58. The van der Waals surface area contributed by atoms with Crippen LogP contribution in [-0.4, -0.2) is 75.6 Å². The Bertz CT molecular complexity index is 1560. The van der Waals surface area contributed by atoms with E-state index >= 15 is 4.79 Å². The van der Waals surface area contributed by atoms with Crippen molar-refractivity contribution in [3.05, 3.63) is 59.2 Å². The Hall–Kier alpha value is -3.34. The molecule has 0 radical (unpaired) electrons. The van der Waals surface area contributed by atoms with Gasteiger partial charge in [0, 0.05) is 23.7 Å². The van der Waals surface area contributed by atoms with Crippen LogP contribution in [0.3, 0.4) is 0 Å². The van der Waals surface area contributed by atoms with Crippen molar-refractivity contribution in [3.8, 4) is 0 Å². The van der Waals surface area contributed by atoms with Gasteiger partial charge in [-0.15, -0.1) is 0 Å². The van der Waals surface area contributed by atoms with Gasteiger partial charge in [-0.1, -0.05) is 97.6 Å². The van der Waals surface area contributed by atoms with Crippen LogP contribution in [0.1, 0.15) is 104 Å². The van der Waals surface area contributed by atoms with Crippen LogP contribution in [-0.2, 0) is 28.6 Å². The third-order valence-corrected chi connectivity index (χ3v) is 12.7. The zero-order valence-electron chi connectivity index (χ0n) is 31.1. The van der Waals surface area contributed by atoms with Crippen molar-refractivity contribution in [1.82, 2.24) is 0 Å². The molecule has 2 fully saturated rings. The molecule has 280 valence electrons. The van der Waals surface area contributed by atoms with Crippen molar-refractivity contribution in [3.63, 3.8) is 0 Å². The SMILES string of the molecule is CCCCCCCC(=O)O[C@@]12C[C@@H](C)[C@]34C=C(C)[C@H](OC(=O)[C@H](C)C(C)C)[C@@]3(O)[C@H](O)C(CO)=C[C@H](C4=O)[C@@H]1[C@]2(C)COC(=O)c1ccccc1. The molecular weight excluding hydrogens is 652 g/mol. The minimum Gasteiger partial charge on any atom is -0.461 e. The smallest absolute Gasteiger partial charge is 0.338 e. The van der Waals surface area contributed by atoms with Gasteiger partial charge in [0.15, 0.2) is 17.5 Å². The molecule has 51 heavy (non-hydrogen) atoms. The highest BCUT2D eigenvalue weighted by Crippen LogP contribution is 2.75. The molecule has 1 aromatic rings. The molecule has 3 N–H and O–H groups in total. The third kappa shape index (κ3) is 6.19. The molecule has 0 amide bonds. The number of esters is 3. The number of aliphatic hydroxyl groups is 3. The summed E-state index contributed by atoms with van der Waals surface area (Å²) in [4.78, 5) is 55.4. The van der Waals surface area contributed by atoms with Crippen molar-refractivity contribution in [2.24, 2.45) is 40.4 Å². The standard InChI is InChI=1S/C41H56O10/c1-8-9-10-11-15-18-31(43)51-40-21-26(5)39-20-25(4)35(50-36(46)27(6)24(2)3)41(39,48)33(44)29(22-42)19-30(34(39)45)32(40)38(40,7)23-49-37(47)28-16-13-12-14-17-28/h12-14,16-17,19-20,24,26-27,30,32-33,35,42,44,48H,8-11,15,18,21-23H2,1-7H3/t26-,27-,30+,32-,33-,35+,38+,39+,40+,41+/m1/s1. The van der Waals surface area contributed by atoms with E-state index in [9.17, 15) is 29.7 Å². The van der Waals surface area contributed by atoms with Crippen molar-refractivity contribution < 1.29 is 48.7 Å². The molecule has 4 aliphatic rings. The minimum absolute atomic E-state index is 0.000405. The lowest BCUT2D eigenvalue weighted by Crippen LogP contribution is -2.66. The molecule has 2 saturated carbocycles. The molecule has 1 spiro atoms. The summed E-state index contributed by atoms with van der Waals surface area (Å²) in [6.07, 6.45) is 4.92. The predicted octanol–water partition coefficient (Wildman–Crippen LogP) is 5.52. The van der Waals surface area contributed by atoms with E-state index in [1.165, 1.54) is 6.08 Å². The summed E-state index contributed by atoms with van der Waals surface area (Å²) in [6.45, 7) is 12.0. The van der Waals surface area contributed by atoms with Gasteiger partial charge in [0.1, 0.15) is 18.3 Å². The van der Waals surface area contributed by atoms with Crippen LogP contribution in [0.25, 0.3) is 0 Å². The lowest BCUT2D eigenvalue weighted by Gasteiger charge is -2.49. The number of hydrogen-bond donors (Lipinski definition) is 3. The first-order valence-electron chi connectivity index (χ1n) is 18.7. The molecule has 4 aliphatic carbocycles. The molecular formula is C41H56O10. The first-order valence-corrected chi connectivity index (χ1v) is 18.7. The largest absolute Gasteiger partial charge is 0.461 e. The zero-order valence-corrected chi connectivity index (χ0v) is 31.1. The molecule has 2 bridgehead atoms. The van der Waals surface area contributed by atoms with E-state index in [2.05, 4.69) is 6.92 Å². The highest BCUT2D eigenvalue weighted by atomic mass is 16.6. The zero-order chi connectivity index (χ0) is 37.5. The van der Waals surface area contributed by atoms with Gasteiger partial charge in [-0.2, -0.15) is 0 Å². The maximum absolute atomic E-state index is 15.2. The quantitative estimate of drug-likeness (QED) is 0.0973. The molecule has 0 aliphatic heterocycles. The monoisotopic (exact) mass is 708 g/mol. The van der Waals surface area contributed by atoms with E-state index in [0.29, 0.717) is 17.6 Å². The molecule has 0 aromatic heterocycles. The number of aliphatic hydroxyl groups excluding tert-OH is 2.